The number of ether oxygens (including phenoxy) is 1. The van der Waals surface area contributed by atoms with Gasteiger partial charge in [-0.1, -0.05) is 18.2 Å². The zero-order chi connectivity index (χ0) is 22.1. The Balaban J connectivity index is 1.93. The molecule has 0 aliphatic rings. The second-order valence-electron chi connectivity index (χ2n) is 7.22. The van der Waals surface area contributed by atoms with Crippen LogP contribution in [0.4, 0.5) is 11.4 Å². The molecular weight excluding hydrogens is 414 g/mol. The summed E-state index contributed by atoms with van der Waals surface area (Å²) in [6.45, 7) is 5.28. The Hall–Kier alpha value is -3.65. The molecule has 0 saturated heterocycles. The molecule has 3 heterocycles. The number of carbonyl (C=O) groups excluding carboxylic acids is 2. The Morgan fingerprint density at radius 3 is 2.55 bits per heavy atom. The highest BCUT2D eigenvalue weighted by molar-refractivity contribution is 7.21. The number of nitrogen functional groups attached to an aromatic ring is 1. The number of aryl methyl sites for hydroxylation is 1. The Labute approximate surface area is 182 Å². The molecule has 4 aromatic rings. The van der Waals surface area contributed by atoms with Gasteiger partial charge in [-0.25, -0.2) is 9.78 Å². The summed E-state index contributed by atoms with van der Waals surface area (Å²) in [5.41, 5.74) is 8.59. The maximum absolute atomic E-state index is 13.3. The van der Waals surface area contributed by atoms with E-state index in [0.717, 1.165) is 11.3 Å². The predicted molar refractivity (Wildman–Crippen MR) is 121 cm³/mol. The summed E-state index contributed by atoms with van der Waals surface area (Å²) >= 11 is 1.14. The third-order valence-electron chi connectivity index (χ3n) is 4.61. The number of hydrogen-bond acceptors (Lipinski definition) is 7. The van der Waals surface area contributed by atoms with Crippen LogP contribution in [0.3, 0.4) is 0 Å². The van der Waals surface area contributed by atoms with Gasteiger partial charge >= 0.3 is 5.97 Å². The number of aromatic nitrogens is 1. The molecule has 0 unspecified atom stereocenters. The number of anilines is 2. The molecule has 0 atom stereocenters. The average molecular weight is 436 g/mol. The summed E-state index contributed by atoms with van der Waals surface area (Å²) in [5, 5.41) is 3.39. The molecule has 0 aliphatic carbocycles. The van der Waals surface area contributed by atoms with E-state index in [1.54, 1.807) is 45.0 Å². The van der Waals surface area contributed by atoms with Crippen LogP contribution in [-0.4, -0.2) is 23.0 Å². The molecule has 1 amide bonds. The number of nitrogens with two attached hydrogens (primary N) is 1. The number of amides is 1. The van der Waals surface area contributed by atoms with Crippen molar-refractivity contribution in [1.29, 1.82) is 0 Å². The Morgan fingerprint density at radius 1 is 1.16 bits per heavy atom. The van der Waals surface area contributed by atoms with Crippen molar-refractivity contribution in [2.75, 3.05) is 11.1 Å². The molecule has 7 nitrogen and oxygen atoms in total. The molecule has 0 saturated carbocycles. The lowest BCUT2D eigenvalue weighted by Gasteiger charge is -2.13. The number of nitrogens with one attached hydrogen (secondary N) is 1. The monoisotopic (exact) mass is 435 g/mol. The standard InChI is InChI=1S/C23H21N3O4S/c1-12(2)30-23(28)20-19(24)18-17(15-10-7-11-29-15)16(13(3)25-22(18)31-20)21(27)26-14-8-5-4-6-9-14/h4-12H,24H2,1-3H3,(H,26,27). The number of rotatable bonds is 5. The molecule has 4 rings (SSSR count). The summed E-state index contributed by atoms with van der Waals surface area (Å²) in [6, 6.07) is 12.6. The van der Waals surface area contributed by atoms with E-state index in [9.17, 15) is 9.59 Å². The van der Waals surface area contributed by atoms with Crippen LogP contribution in [0.2, 0.25) is 0 Å². The zero-order valence-electron chi connectivity index (χ0n) is 17.3. The topological polar surface area (TPSA) is 107 Å². The molecular formula is C23H21N3O4S. The number of hydrogen-bond donors (Lipinski definition) is 2. The van der Waals surface area contributed by atoms with Crippen molar-refractivity contribution >= 4 is 44.8 Å². The lowest BCUT2D eigenvalue weighted by Crippen LogP contribution is -2.16. The van der Waals surface area contributed by atoms with Gasteiger partial charge in [-0.3, -0.25) is 4.79 Å². The Morgan fingerprint density at radius 2 is 1.90 bits per heavy atom. The van der Waals surface area contributed by atoms with Crippen molar-refractivity contribution in [3.05, 3.63) is 64.9 Å². The van der Waals surface area contributed by atoms with E-state index in [-0.39, 0.29) is 22.6 Å². The van der Waals surface area contributed by atoms with E-state index in [0.29, 0.717) is 38.5 Å². The number of carbonyl (C=O) groups is 2. The molecule has 3 N–H and O–H groups in total. The molecule has 0 radical (unpaired) electrons. The van der Waals surface area contributed by atoms with Crippen LogP contribution in [0.1, 0.15) is 39.6 Å². The minimum Gasteiger partial charge on any atom is -0.464 e. The van der Waals surface area contributed by atoms with Gasteiger partial charge < -0.3 is 20.2 Å². The average Bonchev–Trinajstić information content (AvgIpc) is 3.35. The highest BCUT2D eigenvalue weighted by Gasteiger charge is 2.28. The van der Waals surface area contributed by atoms with Gasteiger partial charge in [-0.05, 0) is 45.0 Å². The van der Waals surface area contributed by atoms with Gasteiger partial charge in [0.05, 0.1) is 29.3 Å². The molecule has 0 spiro atoms. The van der Waals surface area contributed by atoms with Crippen molar-refractivity contribution in [3.63, 3.8) is 0 Å². The van der Waals surface area contributed by atoms with E-state index < -0.39 is 5.97 Å². The lowest BCUT2D eigenvalue weighted by molar-refractivity contribution is 0.0385. The molecule has 31 heavy (non-hydrogen) atoms. The van der Waals surface area contributed by atoms with Crippen LogP contribution in [0.25, 0.3) is 21.5 Å². The first-order valence-electron chi connectivity index (χ1n) is 9.70. The normalized spacial score (nSPS) is 11.1. The largest absolute Gasteiger partial charge is 0.464 e. The predicted octanol–water partition coefficient (Wildman–Crippen LogP) is 5.26. The van der Waals surface area contributed by atoms with Crippen LogP contribution >= 0.6 is 11.3 Å². The molecule has 3 aromatic heterocycles. The molecule has 8 heteroatoms. The second kappa shape index (κ2) is 8.23. The number of para-hydroxylation sites is 1. The molecule has 0 bridgehead atoms. The van der Waals surface area contributed by atoms with Gasteiger partial charge in [0.25, 0.3) is 5.91 Å². The zero-order valence-corrected chi connectivity index (χ0v) is 18.1. The van der Waals surface area contributed by atoms with Crippen molar-refractivity contribution < 1.29 is 18.7 Å². The summed E-state index contributed by atoms with van der Waals surface area (Å²) in [7, 11) is 0. The third kappa shape index (κ3) is 3.89. The van der Waals surface area contributed by atoms with E-state index in [4.69, 9.17) is 14.9 Å². The highest BCUT2D eigenvalue weighted by Crippen LogP contribution is 2.42. The quantitative estimate of drug-likeness (QED) is 0.414. The van der Waals surface area contributed by atoms with E-state index in [1.165, 1.54) is 6.26 Å². The highest BCUT2D eigenvalue weighted by atomic mass is 32.1. The summed E-state index contributed by atoms with van der Waals surface area (Å²) in [5.74, 6) is -0.405. The van der Waals surface area contributed by atoms with Gasteiger partial charge in [0.2, 0.25) is 0 Å². The number of furan rings is 1. The SMILES string of the molecule is Cc1nc2sc(C(=O)OC(C)C)c(N)c2c(-c2ccco2)c1C(=O)Nc1ccccc1. The first-order valence-corrected chi connectivity index (χ1v) is 10.5. The maximum Gasteiger partial charge on any atom is 0.350 e. The van der Waals surface area contributed by atoms with E-state index >= 15 is 0 Å². The summed E-state index contributed by atoms with van der Waals surface area (Å²) < 4.78 is 11.0. The molecule has 1 aromatic carbocycles. The Kier molecular flexibility index (Phi) is 5.48. The first-order chi connectivity index (χ1) is 14.9. The van der Waals surface area contributed by atoms with E-state index in [1.807, 2.05) is 18.2 Å². The number of nitrogens with zero attached hydrogens (tertiary/aromatic N) is 1. The maximum atomic E-state index is 13.3. The van der Waals surface area contributed by atoms with Crippen molar-refractivity contribution in [2.45, 2.75) is 26.9 Å². The van der Waals surface area contributed by atoms with Gasteiger partial charge in [0.1, 0.15) is 15.5 Å². The van der Waals surface area contributed by atoms with Gasteiger partial charge in [-0.2, -0.15) is 0 Å². The summed E-state index contributed by atoms with van der Waals surface area (Å²) in [6.07, 6.45) is 1.23. The van der Waals surface area contributed by atoms with Crippen LogP contribution in [-0.2, 0) is 4.74 Å². The van der Waals surface area contributed by atoms with Gasteiger partial charge in [-0.15, -0.1) is 11.3 Å². The van der Waals surface area contributed by atoms with Gasteiger partial charge in [0.15, 0.2) is 0 Å². The smallest absolute Gasteiger partial charge is 0.350 e. The lowest BCUT2D eigenvalue weighted by atomic mass is 9.99. The molecule has 0 fully saturated rings. The fourth-order valence-electron chi connectivity index (χ4n) is 3.35. The number of thiophene rings is 1. The molecule has 0 aliphatic heterocycles. The van der Waals surface area contributed by atoms with Crippen LogP contribution in [0.15, 0.2) is 53.1 Å². The number of fused-ring (bicyclic) bond motifs is 1. The molecule has 158 valence electrons. The van der Waals surface area contributed by atoms with Crippen LogP contribution < -0.4 is 11.1 Å². The number of esters is 1. The summed E-state index contributed by atoms with van der Waals surface area (Å²) in [4.78, 5) is 31.2. The third-order valence-corrected chi connectivity index (χ3v) is 5.69. The van der Waals surface area contributed by atoms with Gasteiger partial charge in [0, 0.05) is 16.6 Å². The van der Waals surface area contributed by atoms with Crippen molar-refractivity contribution in [1.82, 2.24) is 4.98 Å². The fraction of sp³-hybridized carbons (Fsp3) is 0.174. The van der Waals surface area contributed by atoms with Crippen molar-refractivity contribution in [3.8, 4) is 11.3 Å². The fourth-order valence-corrected chi connectivity index (χ4v) is 4.38. The minimum absolute atomic E-state index is 0.221. The van der Waals surface area contributed by atoms with E-state index in [2.05, 4.69) is 10.3 Å². The second-order valence-corrected chi connectivity index (χ2v) is 8.22. The van der Waals surface area contributed by atoms with Crippen LogP contribution in [0.5, 0.6) is 0 Å². The number of benzene rings is 1. The first kappa shape index (κ1) is 20.6. The Bertz CT molecular complexity index is 1260. The van der Waals surface area contributed by atoms with Crippen LogP contribution in [0, 0.1) is 6.92 Å². The minimum atomic E-state index is -0.520. The van der Waals surface area contributed by atoms with Crippen molar-refractivity contribution in [2.24, 2.45) is 0 Å². The number of pyridine rings is 1.